The summed E-state index contributed by atoms with van der Waals surface area (Å²) < 4.78 is 5.41. The maximum Gasteiger partial charge on any atom is 0.253 e. The van der Waals surface area contributed by atoms with Crippen molar-refractivity contribution in [2.24, 2.45) is 5.92 Å². The van der Waals surface area contributed by atoms with Crippen LogP contribution in [0.1, 0.15) is 29.6 Å². The van der Waals surface area contributed by atoms with Crippen molar-refractivity contribution in [2.75, 3.05) is 32.0 Å². The molecule has 0 unspecified atom stereocenters. The van der Waals surface area contributed by atoms with E-state index in [0.717, 1.165) is 12.8 Å². The van der Waals surface area contributed by atoms with E-state index < -0.39 is 5.91 Å². The molecule has 0 atom stereocenters. The maximum absolute atomic E-state index is 12.1. The van der Waals surface area contributed by atoms with Crippen molar-refractivity contribution in [2.45, 2.75) is 19.3 Å². The molecule has 5 N–H and O–H groups in total. The van der Waals surface area contributed by atoms with E-state index >= 15 is 0 Å². The van der Waals surface area contributed by atoms with Crippen LogP contribution in [0.15, 0.2) is 18.2 Å². The Balaban J connectivity index is 1.84. The van der Waals surface area contributed by atoms with Crippen molar-refractivity contribution in [1.82, 2.24) is 10.6 Å². The third-order valence-corrected chi connectivity index (χ3v) is 3.53. The normalized spacial score (nSPS) is 13.4. The molecular formula is C16H23N3O4. The number of anilines is 1. The molecule has 0 heterocycles. The Labute approximate surface area is 135 Å². The van der Waals surface area contributed by atoms with Crippen LogP contribution in [0.25, 0.3) is 0 Å². The molecule has 1 saturated carbocycles. The molecule has 0 bridgehead atoms. The quantitative estimate of drug-likeness (QED) is 0.385. The summed E-state index contributed by atoms with van der Waals surface area (Å²) in [6.45, 7) is 0.981. The zero-order valence-corrected chi connectivity index (χ0v) is 13.0. The molecule has 2 rings (SSSR count). The molecule has 7 heteroatoms. The topological polar surface area (TPSA) is 114 Å². The Morgan fingerprint density at radius 1 is 1.30 bits per heavy atom. The Morgan fingerprint density at radius 2 is 2.09 bits per heavy atom. The van der Waals surface area contributed by atoms with E-state index in [-0.39, 0.29) is 24.6 Å². The molecule has 1 fully saturated rings. The van der Waals surface area contributed by atoms with E-state index in [9.17, 15) is 9.59 Å². The number of aliphatic hydroxyl groups is 1. The summed E-state index contributed by atoms with van der Waals surface area (Å²) >= 11 is 0. The van der Waals surface area contributed by atoms with Gasteiger partial charge in [0.15, 0.2) is 0 Å². The van der Waals surface area contributed by atoms with Crippen molar-refractivity contribution in [3.8, 4) is 5.75 Å². The third kappa shape index (κ3) is 5.78. The zero-order chi connectivity index (χ0) is 16.7. The largest absolute Gasteiger partial charge is 0.493 e. The molecule has 1 aliphatic carbocycles. The number of amides is 2. The molecule has 1 aromatic carbocycles. The van der Waals surface area contributed by atoms with E-state index in [4.69, 9.17) is 15.6 Å². The first-order chi connectivity index (χ1) is 11.1. The average Bonchev–Trinajstić information content (AvgIpc) is 3.36. The third-order valence-electron chi connectivity index (χ3n) is 3.53. The summed E-state index contributed by atoms with van der Waals surface area (Å²) in [7, 11) is 0. The number of nitrogens with one attached hydrogen (secondary N) is 2. The highest BCUT2D eigenvalue weighted by Crippen LogP contribution is 2.27. The minimum atomic E-state index is -0.420. The van der Waals surface area contributed by atoms with Gasteiger partial charge in [0.2, 0.25) is 5.91 Å². The van der Waals surface area contributed by atoms with Crippen LogP contribution in [0.4, 0.5) is 5.69 Å². The number of carbonyl (C=O) groups is 2. The molecule has 7 nitrogen and oxygen atoms in total. The second-order valence-corrected chi connectivity index (χ2v) is 5.60. The van der Waals surface area contributed by atoms with Gasteiger partial charge in [0.1, 0.15) is 5.75 Å². The first kappa shape index (κ1) is 17.1. The van der Waals surface area contributed by atoms with Gasteiger partial charge in [-0.3, -0.25) is 9.59 Å². The summed E-state index contributed by atoms with van der Waals surface area (Å²) in [5.41, 5.74) is 6.38. The first-order valence-electron chi connectivity index (χ1n) is 7.78. The summed E-state index contributed by atoms with van der Waals surface area (Å²) in [4.78, 5) is 23.8. The fraction of sp³-hybridized carbons (Fsp3) is 0.500. The van der Waals surface area contributed by atoms with Crippen molar-refractivity contribution in [3.63, 3.8) is 0 Å². The monoisotopic (exact) mass is 321 g/mol. The zero-order valence-electron chi connectivity index (χ0n) is 13.0. The van der Waals surface area contributed by atoms with Crippen molar-refractivity contribution in [3.05, 3.63) is 23.8 Å². The second kappa shape index (κ2) is 8.38. The van der Waals surface area contributed by atoms with Crippen LogP contribution in [0.3, 0.4) is 0 Å². The van der Waals surface area contributed by atoms with Crippen LogP contribution in [-0.2, 0) is 4.79 Å². The van der Waals surface area contributed by atoms with Gasteiger partial charge in [0.25, 0.3) is 5.91 Å². The van der Waals surface area contributed by atoms with Gasteiger partial charge in [-0.2, -0.15) is 0 Å². The van der Waals surface area contributed by atoms with Crippen molar-refractivity contribution >= 4 is 17.5 Å². The molecule has 0 aliphatic heterocycles. The highest BCUT2D eigenvalue weighted by Gasteiger charge is 2.21. The van der Waals surface area contributed by atoms with E-state index in [2.05, 4.69) is 10.6 Å². The van der Waals surface area contributed by atoms with Crippen LogP contribution in [0, 0.1) is 5.92 Å². The predicted molar refractivity (Wildman–Crippen MR) is 86.1 cm³/mol. The SMILES string of the molecule is Nc1ccc(OCCCO)cc1C(=O)NCC(=O)NCC1CC1. The molecule has 2 amide bonds. The molecule has 0 spiro atoms. The fourth-order valence-electron chi connectivity index (χ4n) is 1.97. The highest BCUT2D eigenvalue weighted by atomic mass is 16.5. The van der Waals surface area contributed by atoms with E-state index in [0.29, 0.717) is 36.9 Å². The average molecular weight is 321 g/mol. The van der Waals surface area contributed by atoms with Crippen LogP contribution in [0.5, 0.6) is 5.75 Å². The van der Waals surface area contributed by atoms with Crippen LogP contribution < -0.4 is 21.1 Å². The van der Waals surface area contributed by atoms with Crippen LogP contribution in [0.2, 0.25) is 0 Å². The number of carbonyl (C=O) groups excluding carboxylic acids is 2. The lowest BCUT2D eigenvalue weighted by Crippen LogP contribution is -2.37. The highest BCUT2D eigenvalue weighted by molar-refractivity contribution is 6.01. The molecule has 23 heavy (non-hydrogen) atoms. The lowest BCUT2D eigenvalue weighted by atomic mass is 10.1. The van der Waals surface area contributed by atoms with Crippen molar-refractivity contribution < 1.29 is 19.4 Å². The summed E-state index contributed by atoms with van der Waals surface area (Å²) in [6, 6.07) is 4.77. The summed E-state index contributed by atoms with van der Waals surface area (Å²) in [6.07, 6.45) is 2.82. The van der Waals surface area contributed by atoms with Gasteiger partial charge in [-0.25, -0.2) is 0 Å². The predicted octanol–water partition coefficient (Wildman–Crippen LogP) is 0.286. The molecule has 1 aromatic rings. The maximum atomic E-state index is 12.1. The van der Waals surface area contributed by atoms with E-state index in [1.165, 1.54) is 6.07 Å². The first-order valence-corrected chi connectivity index (χ1v) is 7.78. The number of benzene rings is 1. The standard InChI is InChI=1S/C16H23N3O4/c17-14-5-4-12(23-7-1-6-20)8-13(14)16(22)19-10-15(21)18-9-11-2-3-11/h4-5,8,11,20H,1-3,6-7,9-10,17H2,(H,18,21)(H,19,22). The lowest BCUT2D eigenvalue weighted by Gasteiger charge is -2.11. The summed E-state index contributed by atoms with van der Waals surface area (Å²) in [5, 5.41) is 14.1. The van der Waals surface area contributed by atoms with E-state index in [1.54, 1.807) is 12.1 Å². The number of hydrogen-bond acceptors (Lipinski definition) is 5. The number of nitrogen functional groups attached to an aromatic ring is 1. The molecule has 0 aromatic heterocycles. The lowest BCUT2D eigenvalue weighted by molar-refractivity contribution is -0.120. The Morgan fingerprint density at radius 3 is 2.78 bits per heavy atom. The van der Waals surface area contributed by atoms with Gasteiger partial charge in [-0.05, 0) is 37.0 Å². The second-order valence-electron chi connectivity index (χ2n) is 5.60. The minimum absolute atomic E-state index is 0.0400. The Kier molecular flexibility index (Phi) is 6.22. The number of rotatable bonds is 9. The number of hydrogen-bond donors (Lipinski definition) is 4. The summed E-state index contributed by atoms with van der Waals surface area (Å²) in [5.74, 6) is 0.463. The molecule has 126 valence electrons. The molecule has 0 saturated heterocycles. The minimum Gasteiger partial charge on any atom is -0.493 e. The van der Waals surface area contributed by atoms with Crippen LogP contribution >= 0.6 is 0 Å². The Bertz CT molecular complexity index is 558. The van der Waals surface area contributed by atoms with Gasteiger partial charge in [-0.15, -0.1) is 0 Å². The Hall–Kier alpha value is -2.28. The van der Waals surface area contributed by atoms with Gasteiger partial charge in [0.05, 0.1) is 18.7 Å². The number of aliphatic hydroxyl groups excluding tert-OH is 1. The van der Waals surface area contributed by atoms with Gasteiger partial charge >= 0.3 is 0 Å². The fourth-order valence-corrected chi connectivity index (χ4v) is 1.97. The van der Waals surface area contributed by atoms with Crippen LogP contribution in [-0.4, -0.2) is 43.2 Å². The van der Waals surface area contributed by atoms with Gasteiger partial charge < -0.3 is 26.2 Å². The number of nitrogens with two attached hydrogens (primary N) is 1. The van der Waals surface area contributed by atoms with Gasteiger partial charge in [-0.1, -0.05) is 0 Å². The van der Waals surface area contributed by atoms with E-state index in [1.807, 2.05) is 0 Å². The smallest absolute Gasteiger partial charge is 0.253 e. The van der Waals surface area contributed by atoms with Crippen molar-refractivity contribution in [1.29, 1.82) is 0 Å². The molecule has 1 aliphatic rings. The van der Waals surface area contributed by atoms with Gasteiger partial charge in [0, 0.05) is 25.3 Å². The number of ether oxygens (including phenoxy) is 1. The molecule has 0 radical (unpaired) electrons. The molecular weight excluding hydrogens is 298 g/mol.